The summed E-state index contributed by atoms with van der Waals surface area (Å²) in [5.74, 6) is 0.376. The molecule has 0 amide bonds. The number of nitro benzene ring substituents is 1. The summed E-state index contributed by atoms with van der Waals surface area (Å²) < 4.78 is 6.99. The SMILES string of the molecule is COc1ccc(CCn2c(O)c(C=Nc3c(Br)cc([N+](=O)[O-])cc3Br)c(C)c(C#N)c2=O)cc1. The lowest BCUT2D eigenvalue weighted by Gasteiger charge is -2.14. The largest absolute Gasteiger partial charge is 0.497 e. The number of ether oxygens (including phenoxy) is 1. The monoisotopic (exact) mass is 588 g/mol. The molecule has 3 aromatic rings. The van der Waals surface area contributed by atoms with Gasteiger partial charge in [-0.2, -0.15) is 5.26 Å². The normalized spacial score (nSPS) is 10.9. The third-order valence-corrected chi connectivity index (χ3v) is 6.37. The number of rotatable bonds is 7. The van der Waals surface area contributed by atoms with Crippen molar-refractivity contribution in [3.63, 3.8) is 0 Å². The van der Waals surface area contributed by atoms with Crippen LogP contribution < -0.4 is 10.3 Å². The zero-order valence-electron chi connectivity index (χ0n) is 18.1. The molecule has 0 aliphatic carbocycles. The van der Waals surface area contributed by atoms with Crippen LogP contribution in [0.25, 0.3) is 0 Å². The molecule has 0 fully saturated rings. The van der Waals surface area contributed by atoms with Gasteiger partial charge in [-0.25, -0.2) is 0 Å². The van der Waals surface area contributed by atoms with E-state index in [4.69, 9.17) is 4.74 Å². The molecule has 1 aromatic heterocycles. The van der Waals surface area contributed by atoms with Crippen LogP contribution in [0.2, 0.25) is 0 Å². The van der Waals surface area contributed by atoms with E-state index in [1.807, 2.05) is 18.2 Å². The molecule has 0 bridgehead atoms. The third kappa shape index (κ3) is 5.18. The smallest absolute Gasteiger partial charge is 0.271 e. The molecule has 0 radical (unpaired) electrons. The van der Waals surface area contributed by atoms with Crippen LogP contribution >= 0.6 is 31.9 Å². The van der Waals surface area contributed by atoms with E-state index in [2.05, 4.69) is 36.9 Å². The summed E-state index contributed by atoms with van der Waals surface area (Å²) in [6.07, 6.45) is 1.76. The second-order valence-corrected chi connectivity index (χ2v) is 8.89. The van der Waals surface area contributed by atoms with E-state index >= 15 is 0 Å². The second-order valence-electron chi connectivity index (χ2n) is 7.18. The number of aliphatic imine (C=N–C) groups is 1. The zero-order valence-corrected chi connectivity index (χ0v) is 21.3. The Bertz CT molecular complexity index is 1370. The second kappa shape index (κ2) is 10.6. The molecule has 1 N–H and O–H groups in total. The van der Waals surface area contributed by atoms with Crippen molar-refractivity contribution < 1.29 is 14.8 Å². The number of aromatic hydroxyl groups is 1. The van der Waals surface area contributed by atoms with Crippen LogP contribution in [0.4, 0.5) is 11.4 Å². The number of halogens is 2. The van der Waals surface area contributed by atoms with Gasteiger partial charge in [-0.1, -0.05) is 12.1 Å². The van der Waals surface area contributed by atoms with Crippen LogP contribution in [0.5, 0.6) is 11.6 Å². The van der Waals surface area contributed by atoms with Crippen LogP contribution in [-0.4, -0.2) is 27.9 Å². The fraction of sp³-hybridized carbons (Fsp3) is 0.174. The number of pyridine rings is 1. The number of aryl methyl sites for hydroxylation is 1. The Balaban J connectivity index is 2.02. The minimum Gasteiger partial charge on any atom is -0.497 e. The van der Waals surface area contributed by atoms with Crippen molar-refractivity contribution in [2.45, 2.75) is 19.9 Å². The number of benzene rings is 2. The highest BCUT2D eigenvalue weighted by Crippen LogP contribution is 2.37. The summed E-state index contributed by atoms with van der Waals surface area (Å²) in [7, 11) is 1.57. The van der Waals surface area contributed by atoms with E-state index in [1.54, 1.807) is 26.2 Å². The molecule has 34 heavy (non-hydrogen) atoms. The molecule has 174 valence electrons. The lowest BCUT2D eigenvalue weighted by Crippen LogP contribution is -2.26. The molecule has 11 heteroatoms. The molecule has 0 unspecified atom stereocenters. The molecule has 0 spiro atoms. The summed E-state index contributed by atoms with van der Waals surface area (Å²) in [5.41, 5.74) is 0.915. The fourth-order valence-electron chi connectivity index (χ4n) is 3.28. The number of methoxy groups -OCH3 is 1. The molecule has 2 aromatic carbocycles. The van der Waals surface area contributed by atoms with Crippen molar-refractivity contribution in [2.24, 2.45) is 4.99 Å². The predicted octanol–water partition coefficient (Wildman–Crippen LogP) is 5.17. The standard InChI is InChI=1S/C23H18Br2N4O5/c1-13-17(11-26)22(30)28(8-7-14-3-5-16(34-2)6-4-14)23(31)18(13)12-27-21-19(24)9-15(29(32)33)10-20(21)25/h3-6,9-10,12,31H,7-8H2,1-2H3. The average molecular weight is 590 g/mol. The first-order valence-electron chi connectivity index (χ1n) is 9.84. The molecule has 0 saturated heterocycles. The average Bonchev–Trinajstić information content (AvgIpc) is 2.80. The van der Waals surface area contributed by atoms with Gasteiger partial charge in [0.1, 0.15) is 17.4 Å². The maximum atomic E-state index is 12.8. The van der Waals surface area contributed by atoms with Crippen molar-refractivity contribution in [2.75, 3.05) is 7.11 Å². The van der Waals surface area contributed by atoms with Crippen molar-refractivity contribution in [1.82, 2.24) is 4.57 Å². The Morgan fingerprint density at radius 1 is 1.26 bits per heavy atom. The maximum Gasteiger partial charge on any atom is 0.271 e. The van der Waals surface area contributed by atoms with Crippen LogP contribution in [0, 0.1) is 28.4 Å². The van der Waals surface area contributed by atoms with Crippen LogP contribution in [0.15, 0.2) is 55.1 Å². The summed E-state index contributed by atoms with van der Waals surface area (Å²) in [6.45, 7) is 1.69. The summed E-state index contributed by atoms with van der Waals surface area (Å²) >= 11 is 6.53. The van der Waals surface area contributed by atoms with Crippen molar-refractivity contribution >= 4 is 49.4 Å². The Hall–Kier alpha value is -3.49. The Kier molecular flexibility index (Phi) is 7.86. The number of aromatic nitrogens is 1. The summed E-state index contributed by atoms with van der Waals surface area (Å²) in [6, 6.07) is 11.8. The number of hydrogen-bond donors (Lipinski definition) is 1. The molecule has 1 heterocycles. The Labute approximate surface area is 211 Å². The van der Waals surface area contributed by atoms with E-state index in [9.17, 15) is 25.3 Å². The van der Waals surface area contributed by atoms with Crippen molar-refractivity contribution in [3.05, 3.63) is 88.1 Å². The van der Waals surface area contributed by atoms with Gasteiger partial charge in [0.05, 0.1) is 32.2 Å². The van der Waals surface area contributed by atoms with E-state index in [-0.39, 0.29) is 34.8 Å². The first kappa shape index (κ1) is 25.1. The Morgan fingerprint density at radius 2 is 1.88 bits per heavy atom. The summed E-state index contributed by atoms with van der Waals surface area (Å²) in [5, 5.41) is 31.5. The molecular weight excluding hydrogens is 572 g/mol. The minimum absolute atomic E-state index is 0.101. The van der Waals surface area contributed by atoms with Crippen molar-refractivity contribution in [3.8, 4) is 17.7 Å². The van der Waals surface area contributed by atoms with Gasteiger partial charge in [0.15, 0.2) is 0 Å². The van der Waals surface area contributed by atoms with Gasteiger partial charge in [0, 0.05) is 24.9 Å². The minimum atomic E-state index is -0.596. The number of nitro groups is 1. The number of non-ortho nitro benzene ring substituents is 1. The van der Waals surface area contributed by atoms with Crippen molar-refractivity contribution in [1.29, 1.82) is 5.26 Å². The van der Waals surface area contributed by atoms with Gasteiger partial charge in [-0.05, 0) is 68.5 Å². The van der Waals surface area contributed by atoms with E-state index in [0.29, 0.717) is 26.8 Å². The molecule has 3 rings (SSSR count). The lowest BCUT2D eigenvalue weighted by atomic mass is 10.1. The van der Waals surface area contributed by atoms with Crippen LogP contribution in [0.3, 0.4) is 0 Å². The first-order chi connectivity index (χ1) is 16.2. The first-order valence-corrected chi connectivity index (χ1v) is 11.4. The predicted molar refractivity (Wildman–Crippen MR) is 134 cm³/mol. The van der Waals surface area contributed by atoms with Gasteiger partial charge < -0.3 is 9.84 Å². The van der Waals surface area contributed by atoms with Gasteiger partial charge >= 0.3 is 0 Å². The number of nitriles is 1. The third-order valence-electron chi connectivity index (χ3n) is 5.16. The molecule has 0 atom stereocenters. The van der Waals surface area contributed by atoms with Gasteiger partial charge in [0.2, 0.25) is 5.88 Å². The molecule has 0 saturated carbocycles. The highest BCUT2D eigenvalue weighted by atomic mass is 79.9. The summed E-state index contributed by atoms with van der Waals surface area (Å²) in [4.78, 5) is 27.7. The highest BCUT2D eigenvalue weighted by Gasteiger charge is 2.19. The van der Waals surface area contributed by atoms with Gasteiger partial charge in [-0.15, -0.1) is 0 Å². The maximum absolute atomic E-state index is 12.8. The van der Waals surface area contributed by atoms with Gasteiger partial charge in [0.25, 0.3) is 11.2 Å². The highest BCUT2D eigenvalue weighted by molar-refractivity contribution is 9.11. The quantitative estimate of drug-likeness (QED) is 0.230. The van der Waals surface area contributed by atoms with Crippen LogP contribution in [0.1, 0.15) is 22.3 Å². The fourth-order valence-corrected chi connectivity index (χ4v) is 4.64. The van der Waals surface area contributed by atoms with E-state index in [1.165, 1.54) is 18.3 Å². The number of hydrogen-bond acceptors (Lipinski definition) is 7. The van der Waals surface area contributed by atoms with E-state index < -0.39 is 10.5 Å². The van der Waals surface area contributed by atoms with E-state index in [0.717, 1.165) is 10.1 Å². The topological polar surface area (TPSA) is 131 Å². The molecule has 0 aliphatic heterocycles. The molecule has 9 nitrogen and oxygen atoms in total. The molecular formula is C23H18Br2N4O5. The lowest BCUT2D eigenvalue weighted by molar-refractivity contribution is -0.385. The van der Waals surface area contributed by atoms with Crippen LogP contribution in [-0.2, 0) is 13.0 Å². The Morgan fingerprint density at radius 3 is 2.41 bits per heavy atom. The molecule has 0 aliphatic rings. The number of nitrogens with zero attached hydrogens (tertiary/aromatic N) is 4. The van der Waals surface area contributed by atoms with Gasteiger partial charge in [-0.3, -0.25) is 24.5 Å². The zero-order chi connectivity index (χ0) is 25.0.